The second-order valence-electron chi connectivity index (χ2n) is 6.93. The first-order valence-corrected chi connectivity index (χ1v) is 9.61. The van der Waals surface area contributed by atoms with Crippen LogP contribution in [0, 0.1) is 0 Å². The zero-order chi connectivity index (χ0) is 20.5. The number of oxazole rings is 1. The van der Waals surface area contributed by atoms with Crippen molar-refractivity contribution in [2.45, 2.75) is 13.0 Å². The standard InChI is InChI=1S/C23H18N4O3/c28-21(13-14-27-19-11-5-6-12-20(19)30-23(27)29)24-16-8-2-1-7-15(16)22-25-17-9-3-4-10-18(17)26-22/h1-12H,13-14H2,(H,24,28)(H,25,26). The van der Waals surface area contributed by atoms with E-state index in [0.717, 1.165) is 16.6 Å². The Balaban J connectivity index is 1.36. The molecule has 0 aliphatic heterocycles. The summed E-state index contributed by atoms with van der Waals surface area (Å²) in [6.45, 7) is 0.231. The average Bonchev–Trinajstić information content (AvgIpc) is 3.33. The lowest BCUT2D eigenvalue weighted by atomic mass is 10.1. The van der Waals surface area contributed by atoms with Gasteiger partial charge in [-0.15, -0.1) is 0 Å². The van der Waals surface area contributed by atoms with Crippen molar-refractivity contribution < 1.29 is 9.21 Å². The van der Waals surface area contributed by atoms with Crippen LogP contribution in [0.25, 0.3) is 33.5 Å². The van der Waals surface area contributed by atoms with E-state index in [1.807, 2.05) is 54.6 Å². The summed E-state index contributed by atoms with van der Waals surface area (Å²) in [6.07, 6.45) is 0.137. The van der Waals surface area contributed by atoms with Gasteiger partial charge in [0.15, 0.2) is 5.58 Å². The van der Waals surface area contributed by atoms with Gasteiger partial charge < -0.3 is 14.7 Å². The molecule has 0 saturated heterocycles. The number of nitrogens with one attached hydrogen (secondary N) is 2. The van der Waals surface area contributed by atoms with E-state index in [1.165, 1.54) is 4.57 Å². The van der Waals surface area contributed by atoms with Crippen molar-refractivity contribution in [1.82, 2.24) is 14.5 Å². The van der Waals surface area contributed by atoms with Crippen LogP contribution in [0.2, 0.25) is 0 Å². The number of fused-ring (bicyclic) bond motifs is 2. The van der Waals surface area contributed by atoms with E-state index in [0.29, 0.717) is 22.6 Å². The summed E-state index contributed by atoms with van der Waals surface area (Å²) in [4.78, 5) is 32.6. The van der Waals surface area contributed by atoms with Gasteiger partial charge in [-0.05, 0) is 36.4 Å². The number of carbonyl (C=O) groups excluding carboxylic acids is 1. The summed E-state index contributed by atoms with van der Waals surface area (Å²) in [5, 5.41) is 2.94. The molecule has 7 heteroatoms. The molecule has 148 valence electrons. The number of anilines is 1. The van der Waals surface area contributed by atoms with E-state index >= 15 is 0 Å². The number of para-hydroxylation sites is 5. The number of hydrogen-bond donors (Lipinski definition) is 2. The van der Waals surface area contributed by atoms with Gasteiger partial charge in [-0.2, -0.15) is 0 Å². The van der Waals surface area contributed by atoms with E-state index in [1.54, 1.807) is 18.2 Å². The first-order chi connectivity index (χ1) is 14.7. The quantitative estimate of drug-likeness (QED) is 0.465. The highest BCUT2D eigenvalue weighted by Crippen LogP contribution is 2.27. The van der Waals surface area contributed by atoms with Gasteiger partial charge in [0.25, 0.3) is 0 Å². The highest BCUT2D eigenvalue weighted by atomic mass is 16.4. The minimum absolute atomic E-state index is 0.137. The minimum Gasteiger partial charge on any atom is -0.408 e. The summed E-state index contributed by atoms with van der Waals surface area (Å²) in [5.41, 5.74) is 4.44. The van der Waals surface area contributed by atoms with Crippen LogP contribution in [0.4, 0.5) is 5.69 Å². The summed E-state index contributed by atoms with van der Waals surface area (Å²) < 4.78 is 6.69. The Hall–Kier alpha value is -4.13. The molecule has 0 atom stereocenters. The molecule has 0 fully saturated rings. The fraction of sp³-hybridized carbons (Fsp3) is 0.0870. The zero-order valence-electron chi connectivity index (χ0n) is 16.0. The molecule has 1 amide bonds. The molecule has 0 radical (unpaired) electrons. The van der Waals surface area contributed by atoms with Crippen LogP contribution in [0.3, 0.4) is 0 Å². The molecule has 0 aliphatic carbocycles. The Bertz CT molecular complexity index is 1390. The van der Waals surface area contributed by atoms with Gasteiger partial charge >= 0.3 is 5.76 Å². The van der Waals surface area contributed by atoms with Crippen molar-refractivity contribution in [2.24, 2.45) is 0 Å². The van der Waals surface area contributed by atoms with Crippen LogP contribution in [0.5, 0.6) is 0 Å². The van der Waals surface area contributed by atoms with Gasteiger partial charge in [0.2, 0.25) is 5.91 Å². The second kappa shape index (κ2) is 7.36. The van der Waals surface area contributed by atoms with Crippen LogP contribution in [-0.4, -0.2) is 20.4 Å². The second-order valence-corrected chi connectivity index (χ2v) is 6.93. The number of aryl methyl sites for hydroxylation is 1. The van der Waals surface area contributed by atoms with E-state index < -0.39 is 5.76 Å². The largest absolute Gasteiger partial charge is 0.419 e. The smallest absolute Gasteiger partial charge is 0.408 e. The molecule has 7 nitrogen and oxygen atoms in total. The van der Waals surface area contributed by atoms with Crippen LogP contribution >= 0.6 is 0 Å². The Morgan fingerprint density at radius 1 is 1.00 bits per heavy atom. The maximum atomic E-state index is 12.6. The first-order valence-electron chi connectivity index (χ1n) is 9.61. The molecule has 0 unspecified atom stereocenters. The highest BCUT2D eigenvalue weighted by Gasteiger charge is 2.14. The number of aromatic nitrogens is 3. The number of rotatable bonds is 5. The normalized spacial score (nSPS) is 11.2. The maximum absolute atomic E-state index is 12.6. The van der Waals surface area contributed by atoms with Crippen molar-refractivity contribution in [2.75, 3.05) is 5.32 Å². The fourth-order valence-corrected chi connectivity index (χ4v) is 3.53. The van der Waals surface area contributed by atoms with Crippen molar-refractivity contribution in [3.63, 3.8) is 0 Å². The van der Waals surface area contributed by atoms with Crippen molar-refractivity contribution in [1.29, 1.82) is 0 Å². The van der Waals surface area contributed by atoms with Crippen LogP contribution in [0.15, 0.2) is 82.0 Å². The summed E-state index contributed by atoms with van der Waals surface area (Å²) in [7, 11) is 0. The number of carbonyl (C=O) groups is 1. The molecule has 5 rings (SSSR count). The third-order valence-electron chi connectivity index (χ3n) is 4.98. The monoisotopic (exact) mass is 398 g/mol. The number of nitrogens with zero attached hydrogens (tertiary/aromatic N) is 2. The number of aromatic amines is 1. The molecule has 0 saturated carbocycles. The lowest BCUT2D eigenvalue weighted by molar-refractivity contribution is -0.116. The minimum atomic E-state index is -0.466. The number of imidazole rings is 1. The third kappa shape index (κ3) is 3.26. The summed E-state index contributed by atoms with van der Waals surface area (Å²) >= 11 is 0. The van der Waals surface area contributed by atoms with Gasteiger partial charge in [-0.25, -0.2) is 9.78 Å². The van der Waals surface area contributed by atoms with Crippen LogP contribution in [0.1, 0.15) is 6.42 Å². The average molecular weight is 398 g/mol. The van der Waals surface area contributed by atoms with Gasteiger partial charge in [0, 0.05) is 18.5 Å². The van der Waals surface area contributed by atoms with E-state index in [2.05, 4.69) is 15.3 Å². The van der Waals surface area contributed by atoms with Gasteiger partial charge in [0.05, 0.1) is 22.2 Å². The Morgan fingerprint density at radius 2 is 1.77 bits per heavy atom. The molecule has 2 heterocycles. The molecule has 3 aromatic carbocycles. The molecule has 0 bridgehead atoms. The molecule has 5 aromatic rings. The fourth-order valence-electron chi connectivity index (χ4n) is 3.53. The molecular weight excluding hydrogens is 380 g/mol. The van der Waals surface area contributed by atoms with E-state index in [4.69, 9.17) is 4.42 Å². The van der Waals surface area contributed by atoms with E-state index in [-0.39, 0.29) is 18.9 Å². The van der Waals surface area contributed by atoms with Gasteiger partial charge in [-0.3, -0.25) is 9.36 Å². The number of H-pyrrole nitrogens is 1. The predicted molar refractivity (Wildman–Crippen MR) is 115 cm³/mol. The number of hydrogen-bond acceptors (Lipinski definition) is 4. The maximum Gasteiger partial charge on any atom is 0.419 e. The number of amides is 1. The molecule has 2 aromatic heterocycles. The highest BCUT2D eigenvalue weighted by molar-refractivity contribution is 5.95. The lowest BCUT2D eigenvalue weighted by Gasteiger charge is -2.09. The predicted octanol–water partition coefficient (Wildman–Crippen LogP) is 4.17. The Morgan fingerprint density at radius 3 is 2.67 bits per heavy atom. The topological polar surface area (TPSA) is 92.9 Å². The molecule has 0 spiro atoms. The lowest BCUT2D eigenvalue weighted by Crippen LogP contribution is -2.20. The molecule has 30 heavy (non-hydrogen) atoms. The first kappa shape index (κ1) is 17.9. The van der Waals surface area contributed by atoms with Crippen LogP contribution in [-0.2, 0) is 11.3 Å². The van der Waals surface area contributed by atoms with Crippen molar-refractivity contribution in [3.8, 4) is 11.4 Å². The zero-order valence-corrected chi connectivity index (χ0v) is 16.0. The van der Waals surface area contributed by atoms with Gasteiger partial charge in [-0.1, -0.05) is 36.4 Å². The van der Waals surface area contributed by atoms with Crippen LogP contribution < -0.4 is 11.1 Å². The summed E-state index contributed by atoms with van der Waals surface area (Å²) in [5.74, 6) is 0.0200. The molecule has 2 N–H and O–H groups in total. The Kier molecular flexibility index (Phi) is 4.40. The Labute approximate surface area is 171 Å². The SMILES string of the molecule is O=C(CCn1c(=O)oc2ccccc21)Nc1ccccc1-c1nc2ccccc2[nH]1. The van der Waals surface area contributed by atoms with Crippen molar-refractivity contribution >= 4 is 33.7 Å². The third-order valence-corrected chi connectivity index (χ3v) is 4.98. The van der Waals surface area contributed by atoms with Gasteiger partial charge in [0.1, 0.15) is 5.82 Å². The molecular formula is C23H18N4O3. The number of benzene rings is 3. The molecule has 0 aliphatic rings. The van der Waals surface area contributed by atoms with E-state index in [9.17, 15) is 9.59 Å². The summed E-state index contributed by atoms with van der Waals surface area (Å²) in [6, 6.07) is 22.4. The van der Waals surface area contributed by atoms with Crippen molar-refractivity contribution in [3.05, 3.63) is 83.3 Å².